The molecule has 11 heteroatoms. The maximum atomic E-state index is 6.38. The minimum atomic E-state index is -0.290. The highest BCUT2D eigenvalue weighted by Crippen LogP contribution is 2.38. The fraction of sp³-hybridized carbons (Fsp3) is 0.417. The molecule has 9 nitrogen and oxygen atoms in total. The first-order chi connectivity index (χ1) is 17.0. The van der Waals surface area contributed by atoms with Crippen LogP contribution in [0.4, 0.5) is 5.69 Å². The van der Waals surface area contributed by atoms with Crippen LogP contribution in [-0.4, -0.2) is 53.7 Å². The lowest BCUT2D eigenvalue weighted by Crippen LogP contribution is -2.52. The molecule has 0 bridgehead atoms. The molecule has 0 aliphatic carbocycles. The second-order valence-corrected chi connectivity index (χ2v) is 8.49. The molecule has 0 radical (unpaired) electrons. The number of allylic oxidation sites excluding steroid dienone is 1. The molecule has 0 saturated carbocycles. The molecule has 2 aromatic rings. The van der Waals surface area contributed by atoms with Gasteiger partial charge in [-0.25, -0.2) is 5.84 Å². The van der Waals surface area contributed by atoms with E-state index in [0.29, 0.717) is 53.6 Å². The Bertz CT molecular complexity index is 1020. The summed E-state index contributed by atoms with van der Waals surface area (Å²) >= 11 is 12.8. The van der Waals surface area contributed by atoms with Crippen molar-refractivity contribution < 1.29 is 9.47 Å². The van der Waals surface area contributed by atoms with Crippen LogP contribution in [0.3, 0.4) is 0 Å². The van der Waals surface area contributed by atoms with E-state index in [2.05, 4.69) is 19.9 Å². The van der Waals surface area contributed by atoms with Crippen molar-refractivity contribution in [2.45, 2.75) is 33.2 Å². The van der Waals surface area contributed by atoms with Gasteiger partial charge in [-0.1, -0.05) is 56.1 Å². The topological polar surface area (TPSA) is 105 Å². The van der Waals surface area contributed by atoms with E-state index >= 15 is 0 Å². The zero-order chi connectivity index (χ0) is 25.4. The number of fused-ring (bicyclic) bond motifs is 1. The molecule has 35 heavy (non-hydrogen) atoms. The summed E-state index contributed by atoms with van der Waals surface area (Å²) in [4.78, 5) is 8.49. The molecule has 2 aliphatic heterocycles. The Morgan fingerprint density at radius 2 is 1.80 bits per heavy atom. The number of amidine groups is 1. The number of hydrazine groups is 1. The number of piperazine rings is 1. The summed E-state index contributed by atoms with van der Waals surface area (Å²) in [6.07, 6.45) is 7.78. The molecule has 1 saturated heterocycles. The fourth-order valence-corrected chi connectivity index (χ4v) is 4.69. The van der Waals surface area contributed by atoms with Crippen molar-refractivity contribution in [2.24, 2.45) is 16.8 Å². The molecule has 3 heterocycles. The van der Waals surface area contributed by atoms with Crippen LogP contribution in [0.5, 0.6) is 11.5 Å². The van der Waals surface area contributed by atoms with Gasteiger partial charge in [0, 0.05) is 44.8 Å². The van der Waals surface area contributed by atoms with Crippen molar-refractivity contribution in [3.8, 4) is 11.5 Å². The Kier molecular flexibility index (Phi) is 9.85. The van der Waals surface area contributed by atoms with Crippen LogP contribution in [0, 0.1) is 0 Å². The number of hydrazone groups is 1. The first-order valence-corrected chi connectivity index (χ1v) is 12.4. The Balaban J connectivity index is 0.00000167. The molecule has 0 spiro atoms. The number of nitrogens with two attached hydrogens (primary N) is 2. The Hall–Kier alpha value is -2.72. The lowest BCUT2D eigenvalue weighted by molar-refractivity contribution is 0.173. The SMILES string of the molecule is CC.CC/C=C/N(N)/C(=N\N)C(c1ccc2c(c1)OCO2)N1CCN(c2c(Cl)cncc2Cl)CC1. The number of nitrogens with zero attached hydrogens (tertiary/aromatic N) is 5. The molecule has 2 aliphatic rings. The van der Waals surface area contributed by atoms with E-state index in [4.69, 9.17) is 44.4 Å². The van der Waals surface area contributed by atoms with Gasteiger partial charge in [0.15, 0.2) is 17.3 Å². The number of ether oxygens (including phenoxy) is 2. The smallest absolute Gasteiger partial charge is 0.231 e. The lowest BCUT2D eigenvalue weighted by Gasteiger charge is -2.41. The van der Waals surface area contributed by atoms with Gasteiger partial charge >= 0.3 is 0 Å². The predicted molar refractivity (Wildman–Crippen MR) is 142 cm³/mol. The van der Waals surface area contributed by atoms with E-state index in [-0.39, 0.29) is 12.8 Å². The van der Waals surface area contributed by atoms with Gasteiger partial charge in [-0.3, -0.25) is 14.9 Å². The molecule has 1 aromatic heterocycles. The molecule has 1 unspecified atom stereocenters. The molecule has 0 amide bonds. The summed E-state index contributed by atoms with van der Waals surface area (Å²) in [6, 6.07) is 5.55. The van der Waals surface area contributed by atoms with E-state index in [0.717, 1.165) is 17.7 Å². The molecule has 190 valence electrons. The second-order valence-electron chi connectivity index (χ2n) is 7.68. The summed E-state index contributed by atoms with van der Waals surface area (Å²) in [6.45, 7) is 9.06. The molecular weight excluding hydrogens is 489 g/mol. The predicted octanol–water partition coefficient (Wildman–Crippen LogP) is 4.38. The standard InChI is InChI=1S/C22H27Cl2N7O2.C2H6/c1-2-3-6-31(26)22(28-25)20(15-4-5-18-19(11-15)33-14-32-18)29-7-9-30(10-8-29)21-16(23)12-27-13-17(21)24;1-2/h3-6,11-13,20H,2,7-10,14,25-26H2,1H3;1-2H3/b6-3+,28-22-;. The highest BCUT2D eigenvalue weighted by atomic mass is 35.5. The minimum absolute atomic E-state index is 0.204. The number of benzene rings is 1. The number of pyridine rings is 1. The van der Waals surface area contributed by atoms with Crippen LogP contribution >= 0.6 is 23.2 Å². The third-order valence-electron chi connectivity index (χ3n) is 5.68. The Labute approximate surface area is 216 Å². The van der Waals surface area contributed by atoms with E-state index in [1.165, 1.54) is 5.01 Å². The Morgan fingerprint density at radius 3 is 2.43 bits per heavy atom. The molecule has 1 fully saturated rings. The second kappa shape index (κ2) is 12.8. The van der Waals surface area contributed by atoms with Crippen LogP contribution in [0.2, 0.25) is 10.0 Å². The van der Waals surface area contributed by atoms with E-state index < -0.39 is 0 Å². The average molecular weight is 522 g/mol. The number of hydrogen-bond donors (Lipinski definition) is 2. The average Bonchev–Trinajstić information content (AvgIpc) is 3.35. The van der Waals surface area contributed by atoms with E-state index in [1.807, 2.05) is 45.0 Å². The quantitative estimate of drug-likeness (QED) is 0.249. The molecule has 1 aromatic carbocycles. The third-order valence-corrected chi connectivity index (χ3v) is 6.23. The molecule has 4 N–H and O–H groups in total. The van der Waals surface area contributed by atoms with Crippen molar-refractivity contribution in [3.63, 3.8) is 0 Å². The van der Waals surface area contributed by atoms with Crippen molar-refractivity contribution >= 4 is 34.7 Å². The number of hydrogen-bond acceptors (Lipinski definition) is 8. The maximum absolute atomic E-state index is 6.38. The van der Waals surface area contributed by atoms with Crippen molar-refractivity contribution in [2.75, 3.05) is 37.9 Å². The van der Waals surface area contributed by atoms with Gasteiger partial charge < -0.3 is 20.2 Å². The number of halogens is 2. The van der Waals surface area contributed by atoms with Gasteiger partial charge in [0.05, 0.1) is 21.8 Å². The largest absolute Gasteiger partial charge is 0.454 e. The lowest BCUT2D eigenvalue weighted by atomic mass is 10.0. The minimum Gasteiger partial charge on any atom is -0.454 e. The highest BCUT2D eigenvalue weighted by molar-refractivity contribution is 6.38. The first-order valence-electron chi connectivity index (χ1n) is 11.7. The van der Waals surface area contributed by atoms with Crippen LogP contribution in [-0.2, 0) is 0 Å². The van der Waals surface area contributed by atoms with Crippen LogP contribution in [0.25, 0.3) is 0 Å². The number of aromatic nitrogens is 1. The van der Waals surface area contributed by atoms with Crippen molar-refractivity contribution in [1.29, 1.82) is 0 Å². The van der Waals surface area contributed by atoms with Crippen molar-refractivity contribution in [3.05, 3.63) is 58.5 Å². The summed E-state index contributed by atoms with van der Waals surface area (Å²) in [5, 5.41) is 6.62. The highest BCUT2D eigenvalue weighted by Gasteiger charge is 2.33. The summed E-state index contributed by atoms with van der Waals surface area (Å²) in [5.41, 5.74) is 1.75. The maximum Gasteiger partial charge on any atom is 0.231 e. The van der Waals surface area contributed by atoms with Gasteiger partial charge in [-0.15, -0.1) is 0 Å². The van der Waals surface area contributed by atoms with Gasteiger partial charge in [0.2, 0.25) is 6.79 Å². The van der Waals surface area contributed by atoms with Gasteiger partial charge in [-0.05, 0) is 24.1 Å². The van der Waals surface area contributed by atoms with Crippen molar-refractivity contribution in [1.82, 2.24) is 14.9 Å². The molecule has 4 rings (SSSR count). The van der Waals surface area contributed by atoms with Gasteiger partial charge in [-0.2, -0.15) is 5.10 Å². The third kappa shape index (κ3) is 6.10. The fourth-order valence-electron chi connectivity index (χ4n) is 4.09. The van der Waals surface area contributed by atoms with Gasteiger partial charge in [0.25, 0.3) is 0 Å². The zero-order valence-corrected chi connectivity index (χ0v) is 21.8. The normalized spacial score (nSPS) is 16.7. The van der Waals surface area contributed by atoms with Crippen LogP contribution in [0.1, 0.15) is 38.8 Å². The van der Waals surface area contributed by atoms with Crippen LogP contribution in [0.15, 0.2) is 48.0 Å². The summed E-state index contributed by atoms with van der Waals surface area (Å²) in [7, 11) is 0. The Morgan fingerprint density at radius 1 is 1.14 bits per heavy atom. The zero-order valence-electron chi connectivity index (χ0n) is 20.3. The first kappa shape index (κ1) is 26.9. The van der Waals surface area contributed by atoms with E-state index in [9.17, 15) is 0 Å². The monoisotopic (exact) mass is 521 g/mol. The van der Waals surface area contributed by atoms with E-state index in [1.54, 1.807) is 18.6 Å². The van der Waals surface area contributed by atoms with Crippen LogP contribution < -0.4 is 26.1 Å². The number of anilines is 1. The number of rotatable bonds is 6. The summed E-state index contributed by atoms with van der Waals surface area (Å²) in [5.74, 6) is 14.1. The van der Waals surface area contributed by atoms with Gasteiger partial charge in [0.1, 0.15) is 0 Å². The molecule has 1 atom stereocenters. The molecular formula is C24H33Cl2N7O2. The summed E-state index contributed by atoms with van der Waals surface area (Å²) < 4.78 is 11.1.